The van der Waals surface area contributed by atoms with Crippen molar-refractivity contribution in [2.45, 2.75) is 11.3 Å². The van der Waals surface area contributed by atoms with Crippen LogP contribution in [-0.4, -0.2) is 50.2 Å². The van der Waals surface area contributed by atoms with Gasteiger partial charge in [-0.3, -0.25) is 9.69 Å². The molecule has 0 saturated carbocycles. The zero-order valence-corrected chi connectivity index (χ0v) is 11.9. The van der Waals surface area contributed by atoms with E-state index >= 15 is 0 Å². The number of hydrogen-bond acceptors (Lipinski definition) is 4. The van der Waals surface area contributed by atoms with Crippen LogP contribution < -0.4 is 5.32 Å². The first-order valence-corrected chi connectivity index (χ1v) is 7.08. The van der Waals surface area contributed by atoms with Crippen molar-refractivity contribution >= 4 is 18.5 Å². The van der Waals surface area contributed by atoms with E-state index in [1.54, 1.807) is 12.1 Å². The zero-order valence-electron chi connectivity index (χ0n) is 11.0. The molecule has 1 aliphatic rings. The summed E-state index contributed by atoms with van der Waals surface area (Å²) in [5.41, 5.74) is 0.684. The van der Waals surface area contributed by atoms with E-state index in [0.29, 0.717) is 12.1 Å². The maximum absolute atomic E-state index is 11.8. The summed E-state index contributed by atoms with van der Waals surface area (Å²) < 4.78 is 5.29. The lowest BCUT2D eigenvalue weighted by molar-refractivity contribution is 0.0374. The number of nitrogens with one attached hydrogen (secondary N) is 1. The number of thiol groups is 1. The highest BCUT2D eigenvalue weighted by molar-refractivity contribution is 7.80. The molecule has 5 heteroatoms. The standard InChI is InChI=1S/C14H20N2O2S/c17-14(12-2-4-13(19)5-3-12)15-6-1-7-16-8-10-18-11-9-16/h2-5,19H,1,6-11H2,(H,15,17). The van der Waals surface area contributed by atoms with Crippen molar-refractivity contribution in [3.63, 3.8) is 0 Å². The molecule has 1 amide bonds. The van der Waals surface area contributed by atoms with Crippen LogP contribution in [0.2, 0.25) is 0 Å². The number of hydrogen-bond donors (Lipinski definition) is 2. The quantitative estimate of drug-likeness (QED) is 0.633. The predicted octanol–water partition coefficient (Wildman–Crippen LogP) is 1.43. The summed E-state index contributed by atoms with van der Waals surface area (Å²) in [7, 11) is 0. The molecule has 0 atom stereocenters. The van der Waals surface area contributed by atoms with Gasteiger partial charge in [-0.15, -0.1) is 12.6 Å². The van der Waals surface area contributed by atoms with Crippen LogP contribution >= 0.6 is 12.6 Å². The summed E-state index contributed by atoms with van der Waals surface area (Å²) in [6.07, 6.45) is 0.969. The minimum atomic E-state index is -0.0182. The van der Waals surface area contributed by atoms with Crippen LogP contribution in [0, 0.1) is 0 Å². The van der Waals surface area contributed by atoms with Gasteiger partial charge in [0, 0.05) is 30.1 Å². The lowest BCUT2D eigenvalue weighted by Gasteiger charge is -2.26. The van der Waals surface area contributed by atoms with Crippen molar-refractivity contribution in [3.8, 4) is 0 Å². The fourth-order valence-electron chi connectivity index (χ4n) is 2.04. The Hall–Kier alpha value is -1.04. The van der Waals surface area contributed by atoms with Crippen molar-refractivity contribution in [1.29, 1.82) is 0 Å². The van der Waals surface area contributed by atoms with Crippen molar-refractivity contribution in [1.82, 2.24) is 10.2 Å². The van der Waals surface area contributed by atoms with Gasteiger partial charge in [-0.25, -0.2) is 0 Å². The fourth-order valence-corrected chi connectivity index (χ4v) is 2.19. The molecule has 1 N–H and O–H groups in total. The van der Waals surface area contributed by atoms with Crippen LogP contribution in [0.1, 0.15) is 16.8 Å². The minimum absolute atomic E-state index is 0.0182. The average Bonchev–Trinajstić information content (AvgIpc) is 2.45. The number of carbonyl (C=O) groups excluding carboxylic acids is 1. The van der Waals surface area contributed by atoms with Crippen LogP contribution in [0.3, 0.4) is 0 Å². The second-order valence-corrected chi connectivity index (χ2v) is 5.13. The SMILES string of the molecule is O=C(NCCCN1CCOCC1)c1ccc(S)cc1. The Balaban J connectivity index is 1.64. The lowest BCUT2D eigenvalue weighted by Crippen LogP contribution is -2.38. The van der Waals surface area contributed by atoms with Crippen molar-refractivity contribution in [2.24, 2.45) is 0 Å². The van der Waals surface area contributed by atoms with Crippen molar-refractivity contribution in [2.75, 3.05) is 39.4 Å². The molecule has 1 saturated heterocycles. The fraction of sp³-hybridized carbons (Fsp3) is 0.500. The Morgan fingerprint density at radius 2 is 1.95 bits per heavy atom. The van der Waals surface area contributed by atoms with E-state index in [1.165, 1.54) is 0 Å². The van der Waals surface area contributed by atoms with Crippen molar-refractivity contribution in [3.05, 3.63) is 29.8 Å². The number of ether oxygens (including phenoxy) is 1. The van der Waals surface area contributed by atoms with E-state index in [0.717, 1.165) is 44.2 Å². The van der Waals surface area contributed by atoms with E-state index in [1.807, 2.05) is 12.1 Å². The van der Waals surface area contributed by atoms with Gasteiger partial charge in [-0.2, -0.15) is 0 Å². The number of benzene rings is 1. The molecule has 0 aliphatic carbocycles. The normalized spacial score (nSPS) is 16.3. The van der Waals surface area contributed by atoms with E-state index in [-0.39, 0.29) is 5.91 Å². The summed E-state index contributed by atoms with van der Waals surface area (Å²) in [6.45, 7) is 5.36. The Bertz CT molecular complexity index is 402. The van der Waals surface area contributed by atoms with Crippen molar-refractivity contribution < 1.29 is 9.53 Å². The first-order chi connectivity index (χ1) is 9.25. The maximum atomic E-state index is 11.8. The number of amides is 1. The van der Waals surface area contributed by atoms with Gasteiger partial charge >= 0.3 is 0 Å². The first kappa shape index (κ1) is 14.4. The third-order valence-electron chi connectivity index (χ3n) is 3.17. The van der Waals surface area contributed by atoms with Crippen LogP contribution in [0.5, 0.6) is 0 Å². The Labute approximate surface area is 119 Å². The summed E-state index contributed by atoms with van der Waals surface area (Å²) in [4.78, 5) is 15.1. The summed E-state index contributed by atoms with van der Waals surface area (Å²) in [5, 5.41) is 2.94. The number of carbonyl (C=O) groups is 1. The Kier molecular flexibility index (Phi) is 5.69. The molecule has 104 valence electrons. The molecule has 1 aromatic carbocycles. The monoisotopic (exact) mass is 280 g/mol. The molecule has 1 fully saturated rings. The molecule has 1 aromatic rings. The van der Waals surface area contributed by atoms with Gasteiger partial charge in [0.1, 0.15) is 0 Å². The Morgan fingerprint density at radius 1 is 1.26 bits per heavy atom. The highest BCUT2D eigenvalue weighted by Gasteiger charge is 2.09. The van der Waals surface area contributed by atoms with Gasteiger partial charge < -0.3 is 10.1 Å². The van der Waals surface area contributed by atoms with E-state index in [2.05, 4.69) is 22.8 Å². The second kappa shape index (κ2) is 7.53. The van der Waals surface area contributed by atoms with Crippen LogP contribution in [0.15, 0.2) is 29.2 Å². The number of rotatable bonds is 5. The zero-order chi connectivity index (χ0) is 13.5. The van der Waals surface area contributed by atoms with Gasteiger partial charge in [0.05, 0.1) is 13.2 Å². The van der Waals surface area contributed by atoms with Gasteiger partial charge in [-0.1, -0.05) is 0 Å². The van der Waals surface area contributed by atoms with Gasteiger partial charge in [0.2, 0.25) is 0 Å². The molecule has 0 radical (unpaired) electrons. The minimum Gasteiger partial charge on any atom is -0.379 e. The average molecular weight is 280 g/mol. The molecule has 2 rings (SSSR count). The molecule has 0 bridgehead atoms. The van der Waals surface area contributed by atoms with Crippen LogP contribution in [0.4, 0.5) is 0 Å². The lowest BCUT2D eigenvalue weighted by atomic mass is 10.2. The molecule has 1 heterocycles. The molecular weight excluding hydrogens is 260 g/mol. The molecule has 0 unspecified atom stereocenters. The third kappa shape index (κ3) is 4.86. The van der Waals surface area contributed by atoms with Gasteiger partial charge in [0.15, 0.2) is 0 Å². The molecule has 4 nitrogen and oxygen atoms in total. The molecule has 19 heavy (non-hydrogen) atoms. The topological polar surface area (TPSA) is 41.6 Å². The van der Waals surface area contributed by atoms with Gasteiger partial charge in [0.25, 0.3) is 5.91 Å². The predicted molar refractivity (Wildman–Crippen MR) is 77.9 cm³/mol. The number of nitrogens with zero attached hydrogens (tertiary/aromatic N) is 1. The molecule has 0 spiro atoms. The highest BCUT2D eigenvalue weighted by Crippen LogP contribution is 2.07. The largest absolute Gasteiger partial charge is 0.379 e. The molecule has 1 aliphatic heterocycles. The number of morpholine rings is 1. The summed E-state index contributed by atoms with van der Waals surface area (Å²) >= 11 is 4.20. The molecular formula is C14H20N2O2S. The summed E-state index contributed by atoms with van der Waals surface area (Å²) in [5.74, 6) is -0.0182. The second-order valence-electron chi connectivity index (χ2n) is 4.61. The van der Waals surface area contributed by atoms with E-state index in [9.17, 15) is 4.79 Å². The smallest absolute Gasteiger partial charge is 0.251 e. The summed E-state index contributed by atoms with van der Waals surface area (Å²) in [6, 6.07) is 7.23. The maximum Gasteiger partial charge on any atom is 0.251 e. The van der Waals surface area contributed by atoms with Gasteiger partial charge in [-0.05, 0) is 37.2 Å². The van der Waals surface area contributed by atoms with E-state index in [4.69, 9.17) is 4.74 Å². The first-order valence-electron chi connectivity index (χ1n) is 6.63. The third-order valence-corrected chi connectivity index (χ3v) is 3.47. The van der Waals surface area contributed by atoms with E-state index < -0.39 is 0 Å². The Morgan fingerprint density at radius 3 is 2.63 bits per heavy atom. The molecule has 0 aromatic heterocycles. The van der Waals surface area contributed by atoms with Crippen LogP contribution in [-0.2, 0) is 4.74 Å². The van der Waals surface area contributed by atoms with Crippen LogP contribution in [0.25, 0.3) is 0 Å². The highest BCUT2D eigenvalue weighted by atomic mass is 32.1.